The molecular formula is C13H10BrN3O3S. The zero-order chi connectivity index (χ0) is 15.0. The van der Waals surface area contributed by atoms with Crippen molar-refractivity contribution < 1.29 is 13.0 Å². The number of aryl methyl sites for hydroxylation is 1. The van der Waals surface area contributed by atoms with Crippen LogP contribution in [-0.2, 0) is 10.0 Å². The second kappa shape index (κ2) is 5.12. The van der Waals surface area contributed by atoms with E-state index in [-0.39, 0.29) is 10.4 Å². The number of aromatic nitrogens is 2. The SMILES string of the molecule is Cc1cc(NS(=O)(=O)c2cccc3nonc23)ccc1Br. The Kier molecular flexibility index (Phi) is 3.42. The highest BCUT2D eigenvalue weighted by molar-refractivity contribution is 9.10. The fraction of sp³-hybridized carbons (Fsp3) is 0.0769. The zero-order valence-electron chi connectivity index (χ0n) is 10.9. The molecule has 3 rings (SSSR count). The topological polar surface area (TPSA) is 85.1 Å². The number of nitrogens with one attached hydrogen (secondary N) is 1. The Morgan fingerprint density at radius 3 is 2.76 bits per heavy atom. The van der Waals surface area contributed by atoms with Crippen LogP contribution < -0.4 is 4.72 Å². The van der Waals surface area contributed by atoms with Gasteiger partial charge in [-0.1, -0.05) is 22.0 Å². The van der Waals surface area contributed by atoms with Gasteiger partial charge in [-0.2, -0.15) is 0 Å². The summed E-state index contributed by atoms with van der Waals surface area (Å²) in [5, 5.41) is 7.29. The second-order valence-electron chi connectivity index (χ2n) is 4.46. The maximum absolute atomic E-state index is 12.5. The van der Waals surface area contributed by atoms with E-state index in [9.17, 15) is 8.42 Å². The molecule has 0 saturated carbocycles. The van der Waals surface area contributed by atoms with Crippen LogP contribution in [0.2, 0.25) is 0 Å². The first-order valence-corrected chi connectivity index (χ1v) is 8.25. The number of hydrogen-bond donors (Lipinski definition) is 1. The third-order valence-corrected chi connectivity index (χ3v) is 5.25. The molecule has 1 aromatic heterocycles. The van der Waals surface area contributed by atoms with Crippen molar-refractivity contribution in [3.63, 3.8) is 0 Å². The number of fused-ring (bicyclic) bond motifs is 1. The van der Waals surface area contributed by atoms with Crippen LogP contribution in [0.5, 0.6) is 0 Å². The largest absolute Gasteiger partial charge is 0.280 e. The molecule has 0 spiro atoms. The Balaban J connectivity index is 2.04. The Morgan fingerprint density at radius 2 is 2.00 bits per heavy atom. The monoisotopic (exact) mass is 367 g/mol. The smallest absolute Gasteiger partial charge is 0.264 e. The van der Waals surface area contributed by atoms with Gasteiger partial charge in [-0.05, 0) is 53.1 Å². The van der Waals surface area contributed by atoms with E-state index in [0.29, 0.717) is 11.2 Å². The van der Waals surface area contributed by atoms with Gasteiger partial charge in [-0.25, -0.2) is 13.0 Å². The third-order valence-electron chi connectivity index (χ3n) is 2.95. The van der Waals surface area contributed by atoms with Crippen molar-refractivity contribution in [2.24, 2.45) is 0 Å². The van der Waals surface area contributed by atoms with E-state index in [2.05, 4.69) is 35.6 Å². The van der Waals surface area contributed by atoms with E-state index in [4.69, 9.17) is 0 Å². The van der Waals surface area contributed by atoms with Gasteiger partial charge in [0.1, 0.15) is 10.4 Å². The number of rotatable bonds is 3. The average molecular weight is 368 g/mol. The molecule has 0 aliphatic carbocycles. The highest BCUT2D eigenvalue weighted by Gasteiger charge is 2.20. The van der Waals surface area contributed by atoms with E-state index in [1.807, 2.05) is 6.92 Å². The second-order valence-corrected chi connectivity index (χ2v) is 6.96. The number of anilines is 1. The quantitative estimate of drug-likeness (QED) is 0.768. The molecule has 0 fully saturated rings. The van der Waals surface area contributed by atoms with Crippen molar-refractivity contribution in [1.82, 2.24) is 10.3 Å². The van der Waals surface area contributed by atoms with Crippen LogP contribution in [0.4, 0.5) is 5.69 Å². The van der Waals surface area contributed by atoms with Crippen LogP contribution in [-0.4, -0.2) is 18.7 Å². The molecule has 0 aliphatic rings. The molecule has 0 aliphatic heterocycles. The molecule has 0 unspecified atom stereocenters. The van der Waals surface area contributed by atoms with Crippen LogP contribution in [0.25, 0.3) is 11.0 Å². The van der Waals surface area contributed by atoms with Crippen molar-refractivity contribution >= 4 is 42.7 Å². The lowest BCUT2D eigenvalue weighted by Crippen LogP contribution is -2.13. The Bertz CT molecular complexity index is 921. The zero-order valence-corrected chi connectivity index (χ0v) is 13.3. The normalized spacial score (nSPS) is 11.7. The number of halogens is 1. The van der Waals surface area contributed by atoms with Gasteiger partial charge in [-0.3, -0.25) is 4.72 Å². The van der Waals surface area contributed by atoms with Gasteiger partial charge in [0.05, 0.1) is 0 Å². The Morgan fingerprint density at radius 1 is 1.19 bits per heavy atom. The van der Waals surface area contributed by atoms with Crippen LogP contribution in [0.1, 0.15) is 5.56 Å². The number of hydrogen-bond acceptors (Lipinski definition) is 5. The van der Waals surface area contributed by atoms with E-state index in [0.717, 1.165) is 10.0 Å². The molecule has 108 valence electrons. The molecule has 0 amide bonds. The molecule has 6 nitrogen and oxygen atoms in total. The van der Waals surface area contributed by atoms with Gasteiger partial charge in [0.15, 0.2) is 5.52 Å². The predicted molar refractivity (Wildman–Crippen MR) is 81.5 cm³/mol. The molecular weight excluding hydrogens is 358 g/mol. The molecule has 0 atom stereocenters. The molecule has 0 radical (unpaired) electrons. The minimum Gasteiger partial charge on any atom is -0.280 e. The molecule has 1 N–H and O–H groups in total. The van der Waals surface area contributed by atoms with Gasteiger partial charge in [0, 0.05) is 10.2 Å². The predicted octanol–water partition coefficient (Wildman–Crippen LogP) is 3.09. The van der Waals surface area contributed by atoms with E-state index < -0.39 is 10.0 Å². The molecule has 2 aromatic carbocycles. The highest BCUT2D eigenvalue weighted by Crippen LogP contribution is 2.25. The van der Waals surface area contributed by atoms with Crippen molar-refractivity contribution in [3.8, 4) is 0 Å². The lowest BCUT2D eigenvalue weighted by atomic mass is 10.2. The number of benzene rings is 2. The molecule has 1 heterocycles. The lowest BCUT2D eigenvalue weighted by Gasteiger charge is -2.09. The van der Waals surface area contributed by atoms with Crippen LogP contribution >= 0.6 is 15.9 Å². The summed E-state index contributed by atoms with van der Waals surface area (Å²) in [5.41, 5.74) is 2.00. The fourth-order valence-corrected chi connectivity index (χ4v) is 3.36. The molecule has 21 heavy (non-hydrogen) atoms. The van der Waals surface area contributed by atoms with Crippen LogP contribution in [0.3, 0.4) is 0 Å². The first-order chi connectivity index (χ1) is 9.97. The maximum atomic E-state index is 12.5. The summed E-state index contributed by atoms with van der Waals surface area (Å²) >= 11 is 3.37. The van der Waals surface area contributed by atoms with Gasteiger partial charge in [-0.15, -0.1) is 0 Å². The minimum absolute atomic E-state index is 0.0295. The van der Waals surface area contributed by atoms with E-state index in [1.54, 1.807) is 30.3 Å². The summed E-state index contributed by atoms with van der Waals surface area (Å²) < 4.78 is 33.0. The average Bonchev–Trinajstić information content (AvgIpc) is 2.90. The maximum Gasteiger partial charge on any atom is 0.264 e. The molecule has 0 bridgehead atoms. The number of nitrogens with zero attached hydrogens (tertiary/aromatic N) is 2. The number of sulfonamides is 1. The van der Waals surface area contributed by atoms with Crippen molar-refractivity contribution in [1.29, 1.82) is 0 Å². The van der Waals surface area contributed by atoms with Gasteiger partial charge in [0.2, 0.25) is 0 Å². The van der Waals surface area contributed by atoms with Crippen LogP contribution in [0, 0.1) is 6.92 Å². The first-order valence-electron chi connectivity index (χ1n) is 5.97. The van der Waals surface area contributed by atoms with Gasteiger partial charge >= 0.3 is 0 Å². The van der Waals surface area contributed by atoms with Crippen molar-refractivity contribution in [2.75, 3.05) is 4.72 Å². The Hall–Kier alpha value is -1.93. The lowest BCUT2D eigenvalue weighted by molar-refractivity contribution is 0.315. The standard InChI is InChI=1S/C13H10BrN3O3S/c1-8-7-9(5-6-10(8)14)17-21(18,19)12-4-2-3-11-13(12)16-20-15-11/h2-7,17H,1H3. The third kappa shape index (κ3) is 2.64. The van der Waals surface area contributed by atoms with E-state index >= 15 is 0 Å². The van der Waals surface area contributed by atoms with Gasteiger partial charge < -0.3 is 0 Å². The summed E-state index contributed by atoms with van der Waals surface area (Å²) in [4.78, 5) is 0.0295. The van der Waals surface area contributed by atoms with E-state index in [1.165, 1.54) is 6.07 Å². The summed E-state index contributed by atoms with van der Waals surface area (Å²) in [6, 6.07) is 9.88. The fourth-order valence-electron chi connectivity index (χ4n) is 1.92. The molecule has 0 saturated heterocycles. The van der Waals surface area contributed by atoms with Crippen molar-refractivity contribution in [3.05, 3.63) is 46.4 Å². The Labute approximate surface area is 129 Å². The van der Waals surface area contributed by atoms with Gasteiger partial charge in [0.25, 0.3) is 10.0 Å². The molecule has 8 heteroatoms. The summed E-state index contributed by atoms with van der Waals surface area (Å²) in [6.07, 6.45) is 0. The highest BCUT2D eigenvalue weighted by atomic mass is 79.9. The van der Waals surface area contributed by atoms with Crippen LogP contribution in [0.15, 0.2) is 50.4 Å². The summed E-state index contributed by atoms with van der Waals surface area (Å²) in [6.45, 7) is 1.88. The molecule has 3 aromatic rings. The summed E-state index contributed by atoms with van der Waals surface area (Å²) in [5.74, 6) is 0. The first kappa shape index (κ1) is 14.0. The summed E-state index contributed by atoms with van der Waals surface area (Å²) in [7, 11) is -3.77. The van der Waals surface area contributed by atoms with Crippen molar-refractivity contribution in [2.45, 2.75) is 11.8 Å². The minimum atomic E-state index is -3.77.